The number of aryl methyl sites for hydroxylation is 1. The smallest absolute Gasteiger partial charge is 0.372 e. The molecule has 0 radical (unpaired) electrons. The van der Waals surface area contributed by atoms with Crippen molar-refractivity contribution in [1.82, 2.24) is 5.32 Å². The van der Waals surface area contributed by atoms with Crippen LogP contribution in [0.25, 0.3) is 0 Å². The summed E-state index contributed by atoms with van der Waals surface area (Å²) in [7, 11) is 0. The van der Waals surface area contributed by atoms with Gasteiger partial charge in [-0.1, -0.05) is 18.2 Å². The lowest BCUT2D eigenvalue weighted by Crippen LogP contribution is -2.13. The van der Waals surface area contributed by atoms with E-state index in [0.717, 1.165) is 0 Å². The number of carboxylic acid groups (broad SMARTS) is 1. The van der Waals surface area contributed by atoms with Gasteiger partial charge < -0.3 is 14.8 Å². The Morgan fingerprint density at radius 2 is 2.40 bits per heavy atom. The Bertz CT molecular complexity index is 384. The number of carbonyl (C=O) groups is 1. The maximum Gasteiger partial charge on any atom is 0.372 e. The van der Waals surface area contributed by atoms with E-state index in [1.807, 2.05) is 0 Å². The number of furan rings is 1. The molecule has 1 aromatic heterocycles. The molecule has 1 rings (SSSR count). The van der Waals surface area contributed by atoms with E-state index < -0.39 is 5.97 Å². The van der Waals surface area contributed by atoms with E-state index >= 15 is 0 Å². The van der Waals surface area contributed by atoms with Crippen LogP contribution in [0.2, 0.25) is 0 Å². The summed E-state index contributed by atoms with van der Waals surface area (Å²) in [6.07, 6.45) is 0. The molecule has 2 N–H and O–H groups in total. The van der Waals surface area contributed by atoms with Crippen LogP contribution in [-0.4, -0.2) is 17.6 Å². The Balaban J connectivity index is 2.59. The summed E-state index contributed by atoms with van der Waals surface area (Å²) in [6, 6.07) is 1.69. The highest BCUT2D eigenvalue weighted by atomic mass is 35.5. The first-order chi connectivity index (χ1) is 7.00. The summed E-state index contributed by atoms with van der Waals surface area (Å²) < 4.78 is 5.12. The first-order valence-corrected chi connectivity index (χ1v) is 4.75. The third-order valence-corrected chi connectivity index (χ3v) is 1.91. The van der Waals surface area contributed by atoms with Crippen molar-refractivity contribution in [3.05, 3.63) is 34.8 Å². The number of nitrogens with one attached hydrogen (secondary N) is 1. The number of halogens is 1. The zero-order valence-electron chi connectivity index (χ0n) is 8.34. The highest BCUT2D eigenvalue weighted by Gasteiger charge is 2.13. The fourth-order valence-corrected chi connectivity index (χ4v) is 1.26. The van der Waals surface area contributed by atoms with Crippen molar-refractivity contribution in [2.24, 2.45) is 0 Å². The Morgan fingerprint density at radius 3 is 2.87 bits per heavy atom. The van der Waals surface area contributed by atoms with Crippen molar-refractivity contribution in [2.75, 3.05) is 6.54 Å². The van der Waals surface area contributed by atoms with Gasteiger partial charge in [-0.25, -0.2) is 4.79 Å². The molecule has 0 amide bonds. The molecule has 1 heterocycles. The van der Waals surface area contributed by atoms with Crippen LogP contribution in [0.15, 0.2) is 22.1 Å². The van der Waals surface area contributed by atoms with E-state index in [2.05, 4.69) is 11.9 Å². The molecule has 0 unspecified atom stereocenters. The number of hydrogen-bond donors (Lipinski definition) is 2. The van der Waals surface area contributed by atoms with Crippen LogP contribution in [0.3, 0.4) is 0 Å². The van der Waals surface area contributed by atoms with Gasteiger partial charge in [-0.05, 0) is 13.0 Å². The lowest BCUT2D eigenvalue weighted by molar-refractivity contribution is 0.0659. The highest BCUT2D eigenvalue weighted by molar-refractivity contribution is 6.29. The van der Waals surface area contributed by atoms with Gasteiger partial charge in [0.1, 0.15) is 5.76 Å². The normalized spacial score (nSPS) is 10.3. The van der Waals surface area contributed by atoms with E-state index in [0.29, 0.717) is 29.4 Å². The molecule has 82 valence electrons. The number of hydrogen-bond acceptors (Lipinski definition) is 3. The van der Waals surface area contributed by atoms with Crippen molar-refractivity contribution in [1.29, 1.82) is 0 Å². The summed E-state index contributed by atoms with van der Waals surface area (Å²) in [5, 5.41) is 12.2. The molecular weight excluding hydrogens is 218 g/mol. The second-order valence-electron chi connectivity index (χ2n) is 3.15. The molecule has 0 fully saturated rings. The topological polar surface area (TPSA) is 62.5 Å². The molecule has 0 aliphatic heterocycles. The van der Waals surface area contributed by atoms with Crippen molar-refractivity contribution in [3.8, 4) is 0 Å². The van der Waals surface area contributed by atoms with Crippen LogP contribution < -0.4 is 5.32 Å². The Kier molecular flexibility index (Phi) is 3.94. The molecule has 4 nitrogen and oxygen atoms in total. The number of aromatic carboxylic acids is 1. The van der Waals surface area contributed by atoms with Gasteiger partial charge in [0, 0.05) is 17.1 Å². The standard InChI is InChI=1S/C10H12ClNO3/c1-6-3-8(5-12-4-7(2)11)15-9(6)10(13)14/h3,12H,2,4-5H2,1H3,(H,13,14). The molecule has 1 aromatic rings. The molecule has 0 bridgehead atoms. The summed E-state index contributed by atoms with van der Waals surface area (Å²) in [5.41, 5.74) is 0.615. The van der Waals surface area contributed by atoms with Gasteiger partial charge in [-0.2, -0.15) is 0 Å². The van der Waals surface area contributed by atoms with E-state index in [1.54, 1.807) is 13.0 Å². The van der Waals surface area contributed by atoms with Crippen molar-refractivity contribution in [2.45, 2.75) is 13.5 Å². The van der Waals surface area contributed by atoms with E-state index in [9.17, 15) is 4.79 Å². The molecule has 0 aliphatic carbocycles. The lowest BCUT2D eigenvalue weighted by atomic mass is 10.2. The molecule has 5 heteroatoms. The SMILES string of the molecule is C=C(Cl)CNCc1cc(C)c(C(=O)O)o1. The molecule has 0 aliphatic rings. The van der Waals surface area contributed by atoms with Crippen LogP contribution in [0.1, 0.15) is 21.9 Å². The minimum atomic E-state index is -1.06. The zero-order valence-corrected chi connectivity index (χ0v) is 9.10. The fourth-order valence-electron chi connectivity index (χ4n) is 1.17. The minimum absolute atomic E-state index is 0.0171. The maximum absolute atomic E-state index is 10.7. The average molecular weight is 230 g/mol. The minimum Gasteiger partial charge on any atom is -0.475 e. The van der Waals surface area contributed by atoms with E-state index in [1.165, 1.54) is 0 Å². The molecule has 0 saturated carbocycles. The third kappa shape index (κ3) is 3.42. The Hall–Kier alpha value is -1.26. The van der Waals surface area contributed by atoms with Gasteiger partial charge in [-0.3, -0.25) is 0 Å². The van der Waals surface area contributed by atoms with E-state index in [-0.39, 0.29) is 5.76 Å². The molecule has 0 aromatic carbocycles. The fraction of sp³-hybridized carbons (Fsp3) is 0.300. The van der Waals surface area contributed by atoms with Crippen LogP contribution in [0.5, 0.6) is 0 Å². The van der Waals surface area contributed by atoms with Gasteiger partial charge in [0.25, 0.3) is 0 Å². The second kappa shape index (κ2) is 5.00. The first-order valence-electron chi connectivity index (χ1n) is 4.37. The maximum atomic E-state index is 10.7. The Labute approximate surface area is 92.5 Å². The number of carboxylic acids is 1. The summed E-state index contributed by atoms with van der Waals surface area (Å²) in [6.45, 7) is 6.10. The molecule has 0 spiro atoms. The van der Waals surface area contributed by atoms with Gasteiger partial charge >= 0.3 is 5.97 Å². The number of rotatable bonds is 5. The quantitative estimate of drug-likeness (QED) is 0.812. The predicted molar refractivity (Wildman–Crippen MR) is 57.1 cm³/mol. The van der Waals surface area contributed by atoms with Gasteiger partial charge in [0.2, 0.25) is 5.76 Å². The Morgan fingerprint density at radius 1 is 1.73 bits per heavy atom. The summed E-state index contributed by atoms with van der Waals surface area (Å²) in [4.78, 5) is 10.7. The largest absolute Gasteiger partial charge is 0.475 e. The monoisotopic (exact) mass is 229 g/mol. The van der Waals surface area contributed by atoms with Crippen LogP contribution in [-0.2, 0) is 6.54 Å². The third-order valence-electron chi connectivity index (χ3n) is 1.78. The second-order valence-corrected chi connectivity index (χ2v) is 3.69. The van der Waals surface area contributed by atoms with Gasteiger partial charge in [-0.15, -0.1) is 0 Å². The van der Waals surface area contributed by atoms with Crippen molar-refractivity contribution >= 4 is 17.6 Å². The van der Waals surface area contributed by atoms with Crippen molar-refractivity contribution in [3.63, 3.8) is 0 Å². The average Bonchev–Trinajstić information content (AvgIpc) is 2.46. The first kappa shape index (κ1) is 11.8. The van der Waals surface area contributed by atoms with E-state index in [4.69, 9.17) is 21.1 Å². The van der Waals surface area contributed by atoms with Crippen LogP contribution in [0.4, 0.5) is 0 Å². The molecular formula is C10H12ClNO3. The summed E-state index contributed by atoms with van der Waals surface area (Å²) in [5.74, 6) is -0.500. The predicted octanol–water partition coefficient (Wildman–Crippen LogP) is 2.13. The van der Waals surface area contributed by atoms with Crippen molar-refractivity contribution < 1.29 is 14.3 Å². The highest BCUT2D eigenvalue weighted by Crippen LogP contribution is 2.14. The van der Waals surface area contributed by atoms with Gasteiger partial charge in [0.05, 0.1) is 6.54 Å². The molecule has 0 atom stereocenters. The van der Waals surface area contributed by atoms with Crippen LogP contribution >= 0.6 is 11.6 Å². The lowest BCUT2D eigenvalue weighted by Gasteiger charge is -1.99. The molecule has 0 saturated heterocycles. The van der Waals surface area contributed by atoms with Crippen LogP contribution in [0, 0.1) is 6.92 Å². The summed E-state index contributed by atoms with van der Waals surface area (Å²) >= 11 is 5.55. The zero-order chi connectivity index (χ0) is 11.4. The molecule has 15 heavy (non-hydrogen) atoms. The van der Waals surface area contributed by atoms with Gasteiger partial charge in [0.15, 0.2) is 0 Å².